The van der Waals surface area contributed by atoms with Gasteiger partial charge in [-0.25, -0.2) is 0 Å². The van der Waals surface area contributed by atoms with E-state index < -0.39 is 0 Å². The maximum absolute atomic E-state index is 10.3. The molecule has 5 heteroatoms. The average Bonchev–Trinajstić information content (AvgIpc) is 3.04. The fourth-order valence-electron chi connectivity index (χ4n) is 3.70. The lowest BCUT2D eigenvalue weighted by molar-refractivity contribution is 0.153. The van der Waals surface area contributed by atoms with E-state index in [9.17, 15) is 5.21 Å². The van der Waals surface area contributed by atoms with E-state index in [4.69, 9.17) is 0 Å². The number of nitrogens with zero attached hydrogens (tertiary/aromatic N) is 3. The van der Waals surface area contributed by atoms with Gasteiger partial charge in [-0.05, 0) is 67.6 Å². The number of piperidine rings is 1. The number of aryl methyl sites for hydroxylation is 1. The number of hydrogen-bond acceptors (Lipinski definition) is 4. The fraction of sp³-hybridized carbons (Fsp3) is 0.300. The van der Waals surface area contributed by atoms with Crippen LogP contribution >= 0.6 is 0 Å². The Balaban J connectivity index is 1.77. The van der Waals surface area contributed by atoms with Crippen LogP contribution in [0.15, 0.2) is 48.9 Å². The predicted molar refractivity (Wildman–Crippen MR) is 97.7 cm³/mol. The molecule has 0 radical (unpaired) electrons. The van der Waals surface area contributed by atoms with E-state index in [-0.39, 0.29) is 0 Å². The molecule has 0 aliphatic carbocycles. The summed E-state index contributed by atoms with van der Waals surface area (Å²) in [6.45, 7) is 4.08. The van der Waals surface area contributed by atoms with E-state index in [1.54, 1.807) is 0 Å². The summed E-state index contributed by atoms with van der Waals surface area (Å²) in [5.41, 5.74) is 6.34. The summed E-state index contributed by atoms with van der Waals surface area (Å²) in [4.78, 5) is 5.20. The predicted octanol–water partition coefficient (Wildman–Crippen LogP) is 3.62. The molecule has 2 N–H and O–H groups in total. The Labute approximate surface area is 147 Å². The molecule has 1 aromatic carbocycles. The van der Waals surface area contributed by atoms with Crippen molar-refractivity contribution in [2.75, 3.05) is 13.1 Å². The van der Waals surface area contributed by atoms with Crippen molar-refractivity contribution in [3.63, 3.8) is 0 Å². The number of aromatic nitrogens is 3. The molecule has 1 aliphatic heterocycles. The van der Waals surface area contributed by atoms with Gasteiger partial charge in [0.25, 0.3) is 0 Å². The van der Waals surface area contributed by atoms with Gasteiger partial charge >= 0.3 is 0 Å². The molecule has 0 saturated carbocycles. The van der Waals surface area contributed by atoms with Crippen LogP contribution in [0.25, 0.3) is 22.4 Å². The Kier molecular flexibility index (Phi) is 4.24. The summed E-state index contributed by atoms with van der Waals surface area (Å²) in [6, 6.07) is 10.3. The van der Waals surface area contributed by atoms with E-state index >= 15 is 0 Å². The van der Waals surface area contributed by atoms with Gasteiger partial charge in [0.1, 0.15) is 5.69 Å². The van der Waals surface area contributed by atoms with E-state index in [2.05, 4.69) is 34.5 Å². The van der Waals surface area contributed by atoms with Crippen molar-refractivity contribution in [3.8, 4) is 22.4 Å². The number of nitrogens with one attached hydrogen (secondary N) is 1. The van der Waals surface area contributed by atoms with Crippen molar-refractivity contribution in [3.05, 3.63) is 60.0 Å². The van der Waals surface area contributed by atoms with E-state index in [0.29, 0.717) is 5.92 Å². The van der Waals surface area contributed by atoms with E-state index in [1.165, 1.54) is 0 Å². The van der Waals surface area contributed by atoms with E-state index in [0.717, 1.165) is 64.3 Å². The summed E-state index contributed by atoms with van der Waals surface area (Å²) >= 11 is 0. The van der Waals surface area contributed by atoms with Gasteiger partial charge in [-0.1, -0.05) is 18.2 Å². The molecule has 0 amide bonds. The van der Waals surface area contributed by atoms with Crippen LogP contribution in [0, 0.1) is 6.92 Å². The highest BCUT2D eigenvalue weighted by atomic mass is 16.5. The van der Waals surface area contributed by atoms with Crippen LogP contribution in [0.1, 0.15) is 29.9 Å². The SMILES string of the molecule is Cc1cnccc1-c1cccc(-c2c(C3CCNCC3)cnn2O)c1. The van der Waals surface area contributed by atoms with Gasteiger partial charge < -0.3 is 10.5 Å². The first-order valence-electron chi connectivity index (χ1n) is 8.73. The standard InChI is InChI=1S/C20H22N4O/c1-14-12-22-10-7-18(14)16-3-2-4-17(11-16)20-19(13-23-24(20)25)15-5-8-21-9-6-15/h2-4,7,10-13,15,21,25H,5-6,8-9H2,1H3. The largest absolute Gasteiger partial charge is 0.411 e. The highest BCUT2D eigenvalue weighted by Gasteiger charge is 2.23. The van der Waals surface area contributed by atoms with Crippen LogP contribution < -0.4 is 5.32 Å². The van der Waals surface area contributed by atoms with Crippen molar-refractivity contribution >= 4 is 0 Å². The highest BCUT2D eigenvalue weighted by Crippen LogP contribution is 2.35. The molecule has 1 saturated heterocycles. The minimum atomic E-state index is 0.434. The molecule has 3 aromatic rings. The Bertz CT molecular complexity index is 881. The second-order valence-corrected chi connectivity index (χ2v) is 6.63. The molecule has 128 valence electrons. The van der Waals surface area contributed by atoms with Crippen LogP contribution in [0.3, 0.4) is 0 Å². The Morgan fingerprint density at radius 2 is 1.92 bits per heavy atom. The van der Waals surface area contributed by atoms with Crippen molar-refractivity contribution in [2.24, 2.45) is 0 Å². The summed E-state index contributed by atoms with van der Waals surface area (Å²) < 4.78 is 0. The number of pyridine rings is 1. The molecule has 0 atom stereocenters. The van der Waals surface area contributed by atoms with Crippen LogP contribution in [0.5, 0.6) is 0 Å². The molecular weight excluding hydrogens is 312 g/mol. The third-order valence-corrected chi connectivity index (χ3v) is 5.03. The third-order valence-electron chi connectivity index (χ3n) is 5.03. The fourth-order valence-corrected chi connectivity index (χ4v) is 3.70. The monoisotopic (exact) mass is 334 g/mol. The topological polar surface area (TPSA) is 63.0 Å². The second kappa shape index (κ2) is 6.69. The van der Waals surface area contributed by atoms with Gasteiger partial charge in [-0.3, -0.25) is 4.98 Å². The average molecular weight is 334 g/mol. The lowest BCUT2D eigenvalue weighted by Crippen LogP contribution is -2.26. The second-order valence-electron chi connectivity index (χ2n) is 6.63. The normalized spacial score (nSPS) is 15.4. The van der Waals surface area contributed by atoms with Crippen molar-refractivity contribution < 1.29 is 5.21 Å². The summed E-state index contributed by atoms with van der Waals surface area (Å²) in [6.07, 6.45) is 7.64. The summed E-state index contributed by atoms with van der Waals surface area (Å²) in [5, 5.41) is 17.8. The molecule has 4 rings (SSSR count). The van der Waals surface area contributed by atoms with Gasteiger partial charge in [0.2, 0.25) is 0 Å². The zero-order valence-electron chi connectivity index (χ0n) is 14.3. The quantitative estimate of drug-likeness (QED) is 0.718. The van der Waals surface area contributed by atoms with Gasteiger partial charge in [-0.15, -0.1) is 9.94 Å². The smallest absolute Gasteiger partial charge is 0.113 e. The van der Waals surface area contributed by atoms with Gasteiger partial charge in [0, 0.05) is 23.5 Å². The molecule has 5 nitrogen and oxygen atoms in total. The molecule has 0 spiro atoms. The third kappa shape index (κ3) is 3.03. The first-order chi connectivity index (χ1) is 12.2. The van der Waals surface area contributed by atoms with Gasteiger partial charge in [0.15, 0.2) is 0 Å². The van der Waals surface area contributed by atoms with Crippen molar-refractivity contribution in [1.82, 2.24) is 20.2 Å². The molecule has 2 aromatic heterocycles. The zero-order chi connectivity index (χ0) is 17.2. The Morgan fingerprint density at radius 1 is 1.12 bits per heavy atom. The van der Waals surface area contributed by atoms with Gasteiger partial charge in [0.05, 0.1) is 6.20 Å². The number of rotatable bonds is 3. The summed E-state index contributed by atoms with van der Waals surface area (Å²) in [7, 11) is 0. The minimum absolute atomic E-state index is 0.434. The van der Waals surface area contributed by atoms with Crippen LogP contribution in [0.2, 0.25) is 0 Å². The molecule has 1 fully saturated rings. The lowest BCUT2D eigenvalue weighted by atomic mass is 9.88. The number of hydrogen-bond donors (Lipinski definition) is 2. The van der Waals surface area contributed by atoms with Crippen LogP contribution in [-0.4, -0.2) is 33.2 Å². The molecule has 3 heterocycles. The number of benzene rings is 1. The molecule has 0 bridgehead atoms. The Hall–Kier alpha value is -2.66. The maximum Gasteiger partial charge on any atom is 0.113 e. The molecular formula is C20H22N4O. The van der Waals surface area contributed by atoms with Crippen molar-refractivity contribution in [2.45, 2.75) is 25.7 Å². The molecule has 0 unspecified atom stereocenters. The van der Waals surface area contributed by atoms with Crippen molar-refractivity contribution in [1.29, 1.82) is 0 Å². The zero-order valence-corrected chi connectivity index (χ0v) is 14.3. The maximum atomic E-state index is 10.3. The van der Waals surface area contributed by atoms with Gasteiger partial charge in [-0.2, -0.15) is 0 Å². The first-order valence-corrected chi connectivity index (χ1v) is 8.73. The molecule has 1 aliphatic rings. The Morgan fingerprint density at radius 3 is 2.72 bits per heavy atom. The van der Waals surface area contributed by atoms with E-state index in [1.807, 2.05) is 36.8 Å². The minimum Gasteiger partial charge on any atom is -0.411 e. The lowest BCUT2D eigenvalue weighted by Gasteiger charge is -2.22. The van der Waals surface area contributed by atoms with Crippen LogP contribution in [-0.2, 0) is 0 Å². The first kappa shape index (κ1) is 15.8. The van der Waals surface area contributed by atoms with Crippen LogP contribution in [0.4, 0.5) is 0 Å². The molecule has 25 heavy (non-hydrogen) atoms. The summed E-state index contributed by atoms with van der Waals surface area (Å²) in [5.74, 6) is 0.434. The highest BCUT2D eigenvalue weighted by molar-refractivity contribution is 5.74.